The molecule has 0 saturated carbocycles. The predicted molar refractivity (Wildman–Crippen MR) is 157 cm³/mol. The Morgan fingerprint density at radius 2 is 1.92 bits per heavy atom. The number of fused-ring (bicyclic) bond motifs is 1. The van der Waals surface area contributed by atoms with Gasteiger partial charge in [0.15, 0.2) is 11.5 Å². The number of benzene rings is 2. The van der Waals surface area contributed by atoms with Gasteiger partial charge in [-0.2, -0.15) is 0 Å². The summed E-state index contributed by atoms with van der Waals surface area (Å²) < 4.78 is 18.4. The lowest BCUT2D eigenvalue weighted by molar-refractivity contribution is -0.131. The van der Waals surface area contributed by atoms with E-state index in [1.807, 2.05) is 49.9 Å². The van der Waals surface area contributed by atoms with Gasteiger partial charge in [0.1, 0.15) is 19.0 Å². The maximum absolute atomic E-state index is 12.5. The van der Waals surface area contributed by atoms with Crippen molar-refractivity contribution in [2.45, 2.75) is 46.6 Å². The van der Waals surface area contributed by atoms with Crippen molar-refractivity contribution in [2.75, 3.05) is 53.6 Å². The normalized spacial score (nSPS) is 17.6. The third-order valence-electron chi connectivity index (χ3n) is 6.88. The third-order valence-corrected chi connectivity index (χ3v) is 6.88. The van der Waals surface area contributed by atoms with Crippen LogP contribution in [-0.4, -0.2) is 69.3 Å². The number of piperidine rings is 1. The van der Waals surface area contributed by atoms with Crippen LogP contribution in [0.2, 0.25) is 0 Å². The third kappa shape index (κ3) is 8.55. The highest BCUT2D eigenvalue weighted by Gasteiger charge is 2.24. The van der Waals surface area contributed by atoms with E-state index in [2.05, 4.69) is 29.4 Å². The van der Waals surface area contributed by atoms with Gasteiger partial charge in [-0.15, -0.1) is 0 Å². The smallest absolute Gasteiger partial charge is 0.222 e. The minimum atomic E-state index is 0.127. The summed E-state index contributed by atoms with van der Waals surface area (Å²) >= 11 is 0. The molecule has 2 heterocycles. The molecule has 1 saturated heterocycles. The SMILES string of the molecule is CC.CCC(=O)N1CCOc2c(cc(-c3ccc(OC/C(N)=C/NC)cc3)cc2OCC2CCCN(C)C2)C1. The van der Waals surface area contributed by atoms with E-state index in [1.165, 1.54) is 12.8 Å². The van der Waals surface area contributed by atoms with Crippen LogP contribution >= 0.6 is 0 Å². The number of likely N-dealkylation sites (tertiary alicyclic amines) is 1. The second-order valence-electron chi connectivity index (χ2n) is 9.88. The summed E-state index contributed by atoms with van der Waals surface area (Å²) in [6, 6.07) is 12.1. The summed E-state index contributed by atoms with van der Waals surface area (Å²) in [7, 11) is 3.97. The summed E-state index contributed by atoms with van der Waals surface area (Å²) in [5.74, 6) is 2.86. The highest BCUT2D eigenvalue weighted by molar-refractivity contribution is 5.76. The number of amides is 1. The van der Waals surface area contributed by atoms with Gasteiger partial charge < -0.3 is 35.1 Å². The van der Waals surface area contributed by atoms with Gasteiger partial charge in [0.25, 0.3) is 0 Å². The summed E-state index contributed by atoms with van der Waals surface area (Å²) in [6.07, 6.45) is 4.55. The van der Waals surface area contributed by atoms with Crippen molar-refractivity contribution in [3.8, 4) is 28.4 Å². The fourth-order valence-corrected chi connectivity index (χ4v) is 4.95. The van der Waals surface area contributed by atoms with Gasteiger partial charge in [-0.05, 0) is 61.8 Å². The fourth-order valence-electron chi connectivity index (χ4n) is 4.95. The Morgan fingerprint density at radius 3 is 2.62 bits per heavy atom. The molecule has 1 fully saturated rings. The molecule has 0 aromatic heterocycles. The maximum atomic E-state index is 12.5. The molecule has 3 N–H and O–H groups in total. The molecule has 1 amide bonds. The average Bonchev–Trinajstić information content (AvgIpc) is 3.19. The number of nitrogens with one attached hydrogen (secondary N) is 1. The van der Waals surface area contributed by atoms with Crippen molar-refractivity contribution < 1.29 is 19.0 Å². The van der Waals surface area contributed by atoms with Crippen LogP contribution in [-0.2, 0) is 11.3 Å². The summed E-state index contributed by atoms with van der Waals surface area (Å²) in [5, 5.41) is 2.90. The molecule has 1 atom stereocenters. The van der Waals surface area contributed by atoms with Crippen LogP contribution < -0.4 is 25.3 Å². The zero-order chi connectivity index (χ0) is 28.2. The standard InChI is InChI=1S/C29H40N4O4.C2H6/c1-4-28(34)33-12-13-35-29-24(18-33)14-23(15-27(29)37-19-21-6-5-11-32(3)17-21)22-7-9-26(10-8-22)36-20-25(30)16-31-2;1-2/h7-10,14-16,21,31H,4-6,11-13,17-20,30H2,1-3H3;1-2H3/b25-16-;. The first-order chi connectivity index (χ1) is 19.0. The Labute approximate surface area is 234 Å². The molecular formula is C31H46N4O4. The monoisotopic (exact) mass is 538 g/mol. The molecule has 4 rings (SSSR count). The molecule has 214 valence electrons. The largest absolute Gasteiger partial charge is 0.489 e. The lowest BCUT2D eigenvalue weighted by Crippen LogP contribution is -2.34. The van der Waals surface area contributed by atoms with Crippen LogP contribution in [0.25, 0.3) is 11.1 Å². The number of hydrogen-bond acceptors (Lipinski definition) is 7. The molecule has 0 radical (unpaired) electrons. The second-order valence-corrected chi connectivity index (χ2v) is 9.88. The van der Waals surface area contributed by atoms with Crippen LogP contribution in [0.15, 0.2) is 48.3 Å². The number of hydrogen-bond donors (Lipinski definition) is 2. The lowest BCUT2D eigenvalue weighted by atomic mass is 9.99. The average molecular weight is 539 g/mol. The van der Waals surface area contributed by atoms with Crippen molar-refractivity contribution in [2.24, 2.45) is 11.7 Å². The van der Waals surface area contributed by atoms with Gasteiger partial charge in [0.2, 0.25) is 5.91 Å². The zero-order valence-corrected chi connectivity index (χ0v) is 24.3. The fraction of sp³-hybridized carbons (Fsp3) is 0.516. The van der Waals surface area contributed by atoms with E-state index in [1.54, 1.807) is 13.2 Å². The second kappa shape index (κ2) is 15.3. The van der Waals surface area contributed by atoms with Gasteiger partial charge in [0, 0.05) is 44.2 Å². The van der Waals surface area contributed by atoms with E-state index in [0.29, 0.717) is 50.9 Å². The topological polar surface area (TPSA) is 89.3 Å². The predicted octanol–water partition coefficient (Wildman–Crippen LogP) is 4.63. The molecule has 8 heteroatoms. The van der Waals surface area contributed by atoms with E-state index in [4.69, 9.17) is 19.9 Å². The number of nitrogens with two attached hydrogens (primary N) is 1. The number of carbonyl (C=O) groups is 1. The molecule has 2 aliphatic heterocycles. The first kappa shape index (κ1) is 30.2. The summed E-state index contributed by atoms with van der Waals surface area (Å²) in [4.78, 5) is 16.8. The van der Waals surface area contributed by atoms with Crippen LogP contribution in [0.3, 0.4) is 0 Å². The van der Waals surface area contributed by atoms with Crippen LogP contribution in [0, 0.1) is 5.92 Å². The Hall–Kier alpha value is -3.39. The van der Waals surface area contributed by atoms with Gasteiger partial charge in [-0.1, -0.05) is 32.9 Å². The molecule has 2 aliphatic rings. The molecule has 0 bridgehead atoms. The summed E-state index contributed by atoms with van der Waals surface area (Å²) in [5.41, 5.74) is 9.54. The minimum absolute atomic E-state index is 0.127. The lowest BCUT2D eigenvalue weighted by Gasteiger charge is -2.29. The maximum Gasteiger partial charge on any atom is 0.222 e. The zero-order valence-electron chi connectivity index (χ0n) is 24.3. The first-order valence-electron chi connectivity index (χ1n) is 14.2. The first-order valence-corrected chi connectivity index (χ1v) is 14.2. The molecule has 0 aliphatic carbocycles. The Bertz CT molecular complexity index is 1090. The molecule has 8 nitrogen and oxygen atoms in total. The highest BCUT2D eigenvalue weighted by Crippen LogP contribution is 2.39. The van der Waals surface area contributed by atoms with Crippen molar-refractivity contribution in [1.82, 2.24) is 15.1 Å². The number of carbonyl (C=O) groups excluding carboxylic acids is 1. The van der Waals surface area contributed by atoms with Crippen molar-refractivity contribution >= 4 is 5.91 Å². The molecule has 39 heavy (non-hydrogen) atoms. The molecular weight excluding hydrogens is 492 g/mol. The quantitative estimate of drug-likeness (QED) is 0.481. The number of nitrogens with zero attached hydrogens (tertiary/aromatic N) is 2. The Balaban J connectivity index is 0.00000205. The molecule has 1 unspecified atom stereocenters. The minimum Gasteiger partial charge on any atom is -0.489 e. The van der Waals surface area contributed by atoms with Crippen LogP contribution in [0.4, 0.5) is 0 Å². The Morgan fingerprint density at radius 1 is 1.15 bits per heavy atom. The van der Waals surface area contributed by atoms with E-state index >= 15 is 0 Å². The van der Waals surface area contributed by atoms with Crippen molar-refractivity contribution in [3.05, 3.63) is 53.9 Å². The van der Waals surface area contributed by atoms with E-state index in [0.717, 1.165) is 47.0 Å². The van der Waals surface area contributed by atoms with E-state index in [-0.39, 0.29) is 5.91 Å². The van der Waals surface area contributed by atoms with Gasteiger partial charge in [-0.25, -0.2) is 0 Å². The van der Waals surface area contributed by atoms with Crippen LogP contribution in [0.1, 0.15) is 45.6 Å². The molecule has 0 spiro atoms. The van der Waals surface area contributed by atoms with Gasteiger partial charge in [0.05, 0.1) is 18.8 Å². The van der Waals surface area contributed by atoms with Gasteiger partial charge >= 0.3 is 0 Å². The Kier molecular flexibility index (Phi) is 11.8. The van der Waals surface area contributed by atoms with Gasteiger partial charge in [-0.3, -0.25) is 4.79 Å². The van der Waals surface area contributed by atoms with E-state index in [9.17, 15) is 4.79 Å². The summed E-state index contributed by atoms with van der Waals surface area (Å²) in [6.45, 7) is 10.6. The number of ether oxygens (including phenoxy) is 3. The molecule has 2 aromatic carbocycles. The number of rotatable bonds is 9. The van der Waals surface area contributed by atoms with Crippen molar-refractivity contribution in [3.63, 3.8) is 0 Å². The van der Waals surface area contributed by atoms with E-state index < -0.39 is 0 Å². The van der Waals surface area contributed by atoms with Crippen molar-refractivity contribution in [1.29, 1.82) is 0 Å². The molecule has 2 aromatic rings. The highest BCUT2D eigenvalue weighted by atomic mass is 16.5. The van der Waals surface area contributed by atoms with Crippen LogP contribution in [0.5, 0.6) is 17.2 Å².